The Morgan fingerprint density at radius 1 is 1.11 bits per heavy atom. The lowest BCUT2D eigenvalue weighted by Gasteiger charge is -2.23. The van der Waals surface area contributed by atoms with Gasteiger partial charge in [-0.05, 0) is 23.6 Å². The third kappa shape index (κ3) is 5.85. The molecule has 0 aliphatic heterocycles. The zero-order valence-electron chi connectivity index (χ0n) is 11.7. The van der Waals surface area contributed by atoms with Crippen LogP contribution >= 0.6 is 11.6 Å². The first-order valence-corrected chi connectivity index (χ1v) is 6.96. The molecule has 0 heterocycles. The van der Waals surface area contributed by atoms with Gasteiger partial charge < -0.3 is 10.1 Å². The van der Waals surface area contributed by atoms with E-state index in [0.29, 0.717) is 18.6 Å². The highest BCUT2D eigenvalue weighted by molar-refractivity contribution is 6.30. The minimum atomic E-state index is 0.239. The lowest BCUT2D eigenvalue weighted by Crippen LogP contribution is -2.36. The second-order valence-electron chi connectivity index (χ2n) is 5.28. The van der Waals surface area contributed by atoms with Crippen molar-refractivity contribution in [3.05, 3.63) is 34.9 Å². The lowest BCUT2D eigenvalue weighted by molar-refractivity contribution is 0.0103. The van der Waals surface area contributed by atoms with Crippen LogP contribution in [-0.2, 0) is 11.3 Å². The molecule has 0 radical (unpaired) electrons. The zero-order valence-corrected chi connectivity index (χ0v) is 12.5. The number of hydrogen-bond donors (Lipinski definition) is 1. The molecule has 102 valence electrons. The van der Waals surface area contributed by atoms with Crippen LogP contribution in [0.4, 0.5) is 0 Å². The third-order valence-electron chi connectivity index (χ3n) is 2.85. The summed E-state index contributed by atoms with van der Waals surface area (Å²) in [6.07, 6.45) is 0.239. The minimum Gasteiger partial charge on any atom is -0.372 e. The summed E-state index contributed by atoms with van der Waals surface area (Å²) in [7, 11) is 0. The molecule has 1 rings (SSSR count). The zero-order chi connectivity index (χ0) is 13.5. The van der Waals surface area contributed by atoms with Crippen LogP contribution in [0.5, 0.6) is 0 Å². The topological polar surface area (TPSA) is 21.3 Å². The molecule has 1 N–H and O–H groups in total. The van der Waals surface area contributed by atoms with Gasteiger partial charge in [-0.25, -0.2) is 0 Å². The van der Waals surface area contributed by atoms with Gasteiger partial charge in [0, 0.05) is 17.6 Å². The number of rotatable bonds is 7. The molecule has 0 aromatic heterocycles. The third-order valence-corrected chi connectivity index (χ3v) is 3.10. The van der Waals surface area contributed by atoms with Crippen LogP contribution in [-0.4, -0.2) is 18.7 Å². The molecule has 1 aromatic rings. The average molecular weight is 270 g/mol. The van der Waals surface area contributed by atoms with E-state index in [-0.39, 0.29) is 6.10 Å². The number of halogens is 1. The normalized spacial score (nSPS) is 13.3. The smallest absolute Gasteiger partial charge is 0.0726 e. The molecular formula is C15H24ClNO. The maximum Gasteiger partial charge on any atom is 0.0726 e. The van der Waals surface area contributed by atoms with Crippen LogP contribution in [0.25, 0.3) is 0 Å². The molecule has 0 amide bonds. The molecule has 0 saturated heterocycles. The minimum absolute atomic E-state index is 0.239. The number of hydrogen-bond acceptors (Lipinski definition) is 2. The van der Waals surface area contributed by atoms with Crippen molar-refractivity contribution in [2.24, 2.45) is 5.92 Å². The predicted molar refractivity (Wildman–Crippen MR) is 78.0 cm³/mol. The number of nitrogens with one attached hydrogen (secondary N) is 1. The molecule has 0 spiro atoms. The quantitative estimate of drug-likeness (QED) is 0.811. The van der Waals surface area contributed by atoms with E-state index in [4.69, 9.17) is 16.3 Å². The Hall–Kier alpha value is -0.570. The predicted octanol–water partition coefficient (Wildman–Crippen LogP) is 3.88. The van der Waals surface area contributed by atoms with E-state index in [1.54, 1.807) is 0 Å². The Balaban J connectivity index is 2.44. The molecule has 0 fully saturated rings. The Labute approximate surface area is 116 Å². The maximum absolute atomic E-state index is 5.97. The first-order valence-electron chi connectivity index (χ1n) is 6.58. The van der Waals surface area contributed by atoms with Crippen molar-refractivity contribution in [2.45, 2.75) is 46.4 Å². The van der Waals surface area contributed by atoms with Crippen LogP contribution in [0.2, 0.25) is 5.02 Å². The van der Waals surface area contributed by atoms with Gasteiger partial charge >= 0.3 is 0 Å². The first-order chi connectivity index (χ1) is 8.49. The van der Waals surface area contributed by atoms with Gasteiger partial charge in [0.05, 0.1) is 12.7 Å². The van der Waals surface area contributed by atoms with Gasteiger partial charge in [0.1, 0.15) is 0 Å². The van der Waals surface area contributed by atoms with Gasteiger partial charge in [0.15, 0.2) is 0 Å². The molecule has 0 aliphatic carbocycles. The highest BCUT2D eigenvalue weighted by Gasteiger charge is 2.14. The SMILES string of the molecule is CC(C)NCC(OCc1ccc(Cl)cc1)C(C)C. The van der Waals surface area contributed by atoms with E-state index in [1.165, 1.54) is 0 Å². The molecule has 1 atom stereocenters. The van der Waals surface area contributed by atoms with Gasteiger partial charge in [-0.1, -0.05) is 51.4 Å². The van der Waals surface area contributed by atoms with Gasteiger partial charge in [0.25, 0.3) is 0 Å². The van der Waals surface area contributed by atoms with Gasteiger partial charge in [-0.15, -0.1) is 0 Å². The summed E-state index contributed by atoms with van der Waals surface area (Å²) in [5.41, 5.74) is 1.16. The summed E-state index contributed by atoms with van der Waals surface area (Å²) in [4.78, 5) is 0. The molecular weight excluding hydrogens is 246 g/mol. The van der Waals surface area contributed by atoms with Crippen molar-refractivity contribution in [2.75, 3.05) is 6.54 Å². The lowest BCUT2D eigenvalue weighted by atomic mass is 10.1. The van der Waals surface area contributed by atoms with Crippen LogP contribution in [0, 0.1) is 5.92 Å². The Bertz CT molecular complexity index is 335. The summed E-state index contributed by atoms with van der Waals surface area (Å²) in [5.74, 6) is 0.503. The Morgan fingerprint density at radius 3 is 2.22 bits per heavy atom. The fourth-order valence-electron chi connectivity index (χ4n) is 1.62. The highest BCUT2D eigenvalue weighted by atomic mass is 35.5. The monoisotopic (exact) mass is 269 g/mol. The molecule has 3 heteroatoms. The highest BCUT2D eigenvalue weighted by Crippen LogP contribution is 2.13. The van der Waals surface area contributed by atoms with Crippen LogP contribution in [0.3, 0.4) is 0 Å². The molecule has 0 aliphatic rings. The van der Waals surface area contributed by atoms with Gasteiger partial charge in [-0.2, -0.15) is 0 Å². The van der Waals surface area contributed by atoms with Crippen molar-refractivity contribution in [3.8, 4) is 0 Å². The Morgan fingerprint density at radius 2 is 1.72 bits per heavy atom. The van der Waals surface area contributed by atoms with E-state index in [2.05, 4.69) is 33.0 Å². The summed E-state index contributed by atoms with van der Waals surface area (Å²) < 4.78 is 5.97. The fraction of sp³-hybridized carbons (Fsp3) is 0.600. The molecule has 1 unspecified atom stereocenters. The second kappa shape index (κ2) is 7.78. The average Bonchev–Trinajstić information content (AvgIpc) is 2.30. The second-order valence-corrected chi connectivity index (χ2v) is 5.72. The number of ether oxygens (including phenoxy) is 1. The number of benzene rings is 1. The van der Waals surface area contributed by atoms with Gasteiger partial charge in [-0.3, -0.25) is 0 Å². The molecule has 2 nitrogen and oxygen atoms in total. The standard InChI is InChI=1S/C15H24ClNO/c1-11(2)15(9-17-12(3)4)18-10-13-5-7-14(16)8-6-13/h5-8,11-12,15,17H,9-10H2,1-4H3. The van der Waals surface area contributed by atoms with E-state index in [1.807, 2.05) is 24.3 Å². The Kier molecular flexibility index (Phi) is 6.69. The van der Waals surface area contributed by atoms with Crippen molar-refractivity contribution in [3.63, 3.8) is 0 Å². The van der Waals surface area contributed by atoms with Crippen molar-refractivity contribution in [1.29, 1.82) is 0 Å². The summed E-state index contributed by atoms with van der Waals surface area (Å²) in [6, 6.07) is 8.31. The van der Waals surface area contributed by atoms with Crippen LogP contribution in [0.1, 0.15) is 33.3 Å². The van der Waals surface area contributed by atoms with E-state index in [0.717, 1.165) is 17.1 Å². The van der Waals surface area contributed by atoms with E-state index >= 15 is 0 Å². The van der Waals surface area contributed by atoms with Crippen molar-refractivity contribution in [1.82, 2.24) is 5.32 Å². The van der Waals surface area contributed by atoms with E-state index < -0.39 is 0 Å². The summed E-state index contributed by atoms with van der Waals surface area (Å²) >= 11 is 5.86. The summed E-state index contributed by atoms with van der Waals surface area (Å²) in [5, 5.41) is 4.19. The molecule has 18 heavy (non-hydrogen) atoms. The molecule has 0 bridgehead atoms. The van der Waals surface area contributed by atoms with E-state index in [9.17, 15) is 0 Å². The fourth-order valence-corrected chi connectivity index (χ4v) is 1.75. The van der Waals surface area contributed by atoms with Crippen LogP contribution < -0.4 is 5.32 Å². The molecule has 1 aromatic carbocycles. The maximum atomic E-state index is 5.97. The summed E-state index contributed by atoms with van der Waals surface area (Å²) in [6.45, 7) is 10.2. The van der Waals surface area contributed by atoms with Crippen LogP contribution in [0.15, 0.2) is 24.3 Å². The molecule has 0 saturated carbocycles. The van der Waals surface area contributed by atoms with Crippen molar-refractivity contribution < 1.29 is 4.74 Å². The van der Waals surface area contributed by atoms with Gasteiger partial charge in [0.2, 0.25) is 0 Å². The largest absolute Gasteiger partial charge is 0.372 e. The first kappa shape index (κ1) is 15.5. The van der Waals surface area contributed by atoms with Crippen molar-refractivity contribution >= 4 is 11.6 Å².